The quantitative estimate of drug-likeness (QED) is 0.265. The molecule has 0 amide bonds. The molecular formula is C36H34N2. The van der Waals surface area contributed by atoms with Crippen LogP contribution in [0.2, 0.25) is 0 Å². The van der Waals surface area contributed by atoms with E-state index >= 15 is 0 Å². The van der Waals surface area contributed by atoms with Gasteiger partial charge in [-0.25, -0.2) is 0 Å². The van der Waals surface area contributed by atoms with Gasteiger partial charge < -0.3 is 5.32 Å². The maximum atomic E-state index is 9.38. The van der Waals surface area contributed by atoms with Crippen LogP contribution in [0.3, 0.4) is 0 Å². The second-order valence-electron chi connectivity index (χ2n) is 11.0. The van der Waals surface area contributed by atoms with Crippen LogP contribution in [-0.4, -0.2) is 0 Å². The van der Waals surface area contributed by atoms with Crippen molar-refractivity contribution in [2.75, 3.05) is 0 Å². The summed E-state index contributed by atoms with van der Waals surface area (Å²) < 4.78 is 0. The van der Waals surface area contributed by atoms with Crippen molar-refractivity contribution in [3.63, 3.8) is 0 Å². The molecule has 4 unspecified atom stereocenters. The first-order valence-corrected chi connectivity index (χ1v) is 13.8. The van der Waals surface area contributed by atoms with Crippen LogP contribution < -0.4 is 5.32 Å². The van der Waals surface area contributed by atoms with Crippen molar-refractivity contribution in [2.45, 2.75) is 50.5 Å². The molecule has 4 aromatic rings. The molecule has 6 rings (SSSR count). The van der Waals surface area contributed by atoms with Crippen LogP contribution in [0.5, 0.6) is 0 Å². The third-order valence-corrected chi connectivity index (χ3v) is 8.50. The smallest absolute Gasteiger partial charge is 0.0652 e. The molecule has 1 fully saturated rings. The van der Waals surface area contributed by atoms with Crippen LogP contribution in [0.1, 0.15) is 76.9 Å². The van der Waals surface area contributed by atoms with E-state index in [-0.39, 0.29) is 12.0 Å². The van der Waals surface area contributed by atoms with E-state index in [1.165, 1.54) is 44.5 Å². The molecule has 1 saturated carbocycles. The lowest BCUT2D eigenvalue weighted by atomic mass is 9.86. The number of nitrogens with zero attached hydrogens (tertiary/aromatic N) is 1. The summed E-state index contributed by atoms with van der Waals surface area (Å²) in [6.07, 6.45) is 1.73. The van der Waals surface area contributed by atoms with Crippen molar-refractivity contribution in [3.8, 4) is 17.2 Å². The zero-order valence-electron chi connectivity index (χ0n) is 22.2. The summed E-state index contributed by atoms with van der Waals surface area (Å²) in [7, 11) is 0. The van der Waals surface area contributed by atoms with Gasteiger partial charge in [-0.3, -0.25) is 0 Å². The van der Waals surface area contributed by atoms with Gasteiger partial charge in [0.15, 0.2) is 0 Å². The number of benzene rings is 4. The zero-order valence-corrected chi connectivity index (χ0v) is 22.2. The van der Waals surface area contributed by atoms with Crippen LogP contribution in [-0.2, 0) is 0 Å². The van der Waals surface area contributed by atoms with E-state index in [1.54, 1.807) is 0 Å². The first-order valence-electron chi connectivity index (χ1n) is 13.8. The maximum Gasteiger partial charge on any atom is 0.0652 e. The SMILES string of the molecule is C=C(NC(CCC(C)C#N)c1cccc(C)c1)c1ccccc1C1C2c3ccccc3-c3ccccc3C12. The minimum atomic E-state index is 0.0272. The maximum absolute atomic E-state index is 9.38. The van der Waals surface area contributed by atoms with Crippen LogP contribution in [0.4, 0.5) is 0 Å². The van der Waals surface area contributed by atoms with Crippen LogP contribution in [0, 0.1) is 24.2 Å². The Morgan fingerprint density at radius 1 is 0.789 bits per heavy atom. The minimum Gasteiger partial charge on any atom is -0.378 e. The molecule has 2 heteroatoms. The van der Waals surface area contributed by atoms with E-state index in [0.29, 0.717) is 17.8 Å². The molecule has 1 N–H and O–H groups in total. The molecule has 188 valence electrons. The number of hydrogen-bond donors (Lipinski definition) is 1. The van der Waals surface area contributed by atoms with E-state index in [0.717, 1.165) is 18.5 Å². The van der Waals surface area contributed by atoms with Gasteiger partial charge in [-0.15, -0.1) is 0 Å². The van der Waals surface area contributed by atoms with Gasteiger partial charge in [0.05, 0.1) is 12.1 Å². The highest BCUT2D eigenvalue weighted by atomic mass is 14.9. The van der Waals surface area contributed by atoms with E-state index in [4.69, 9.17) is 0 Å². The van der Waals surface area contributed by atoms with Crippen molar-refractivity contribution in [2.24, 2.45) is 5.92 Å². The van der Waals surface area contributed by atoms with E-state index in [2.05, 4.69) is 122 Å². The number of aryl methyl sites for hydroxylation is 1. The fourth-order valence-electron chi connectivity index (χ4n) is 6.58. The molecule has 38 heavy (non-hydrogen) atoms. The molecular weight excluding hydrogens is 460 g/mol. The van der Waals surface area contributed by atoms with Gasteiger partial charge >= 0.3 is 0 Å². The van der Waals surface area contributed by atoms with Gasteiger partial charge in [0, 0.05) is 17.2 Å². The second kappa shape index (κ2) is 9.99. The molecule has 0 radical (unpaired) electrons. The van der Waals surface area contributed by atoms with E-state index in [1.807, 2.05) is 6.92 Å². The van der Waals surface area contributed by atoms with Crippen molar-refractivity contribution in [1.29, 1.82) is 5.26 Å². The van der Waals surface area contributed by atoms with Gasteiger partial charge in [0.25, 0.3) is 0 Å². The molecule has 0 spiro atoms. The Labute approximate surface area is 226 Å². The van der Waals surface area contributed by atoms with Crippen molar-refractivity contribution in [3.05, 3.63) is 137 Å². The highest BCUT2D eigenvalue weighted by Crippen LogP contribution is 2.71. The minimum absolute atomic E-state index is 0.0272. The Morgan fingerprint density at radius 2 is 1.37 bits per heavy atom. The van der Waals surface area contributed by atoms with Crippen molar-refractivity contribution >= 4 is 5.70 Å². The lowest BCUT2D eigenvalue weighted by Gasteiger charge is -2.24. The molecule has 2 aliphatic rings. The summed E-state index contributed by atoms with van der Waals surface area (Å²) in [6.45, 7) is 8.69. The summed E-state index contributed by atoms with van der Waals surface area (Å²) in [4.78, 5) is 0. The van der Waals surface area contributed by atoms with Gasteiger partial charge in [0.2, 0.25) is 0 Å². The highest BCUT2D eigenvalue weighted by Gasteiger charge is 2.56. The standard InChI is InChI=1S/C36H34N2/c1-23-11-10-12-26(21-23)33(20-19-24(2)22-37)38-25(3)27-13-4-7-16-30(27)34-35-31-17-8-5-14-28(31)29-15-6-9-18-32(29)36(34)35/h4-18,21,24,33-36,38H,3,19-20H2,1-2H3. The van der Waals surface area contributed by atoms with Crippen molar-refractivity contribution < 1.29 is 0 Å². The van der Waals surface area contributed by atoms with Crippen LogP contribution in [0.15, 0.2) is 104 Å². The lowest BCUT2D eigenvalue weighted by molar-refractivity contribution is 0.509. The number of nitrogens with one attached hydrogen (secondary N) is 1. The number of fused-ring (bicyclic) bond motifs is 6. The van der Waals surface area contributed by atoms with Crippen LogP contribution in [0.25, 0.3) is 16.8 Å². The largest absolute Gasteiger partial charge is 0.378 e. The highest BCUT2D eigenvalue weighted by molar-refractivity contribution is 5.80. The molecule has 0 heterocycles. The second-order valence-corrected chi connectivity index (χ2v) is 11.0. The summed E-state index contributed by atoms with van der Waals surface area (Å²) in [5.41, 5.74) is 11.7. The fraction of sp³-hybridized carbons (Fsp3) is 0.250. The summed E-state index contributed by atoms with van der Waals surface area (Å²) in [5.74, 6) is 1.46. The summed E-state index contributed by atoms with van der Waals surface area (Å²) in [6, 6.07) is 37.9. The average Bonchev–Trinajstić information content (AvgIpc) is 3.71. The molecule has 4 atom stereocenters. The van der Waals surface area contributed by atoms with E-state index in [9.17, 15) is 5.26 Å². The Bertz CT molecular complexity index is 1490. The topological polar surface area (TPSA) is 35.8 Å². The Hall–Kier alpha value is -4.09. The molecule has 2 aliphatic carbocycles. The zero-order chi connectivity index (χ0) is 26.2. The lowest BCUT2D eigenvalue weighted by Crippen LogP contribution is -2.21. The monoisotopic (exact) mass is 494 g/mol. The Morgan fingerprint density at radius 3 is 2.00 bits per heavy atom. The Balaban J connectivity index is 1.33. The molecule has 0 bridgehead atoms. The van der Waals surface area contributed by atoms with Gasteiger partial charge in [-0.1, -0.05) is 109 Å². The summed E-state index contributed by atoms with van der Waals surface area (Å²) >= 11 is 0. The fourth-order valence-corrected chi connectivity index (χ4v) is 6.58. The van der Waals surface area contributed by atoms with E-state index < -0.39 is 0 Å². The predicted molar refractivity (Wildman–Crippen MR) is 157 cm³/mol. The number of nitriles is 1. The molecule has 4 aromatic carbocycles. The molecule has 0 saturated heterocycles. The molecule has 2 nitrogen and oxygen atoms in total. The number of hydrogen-bond acceptors (Lipinski definition) is 2. The van der Waals surface area contributed by atoms with Gasteiger partial charge in [-0.2, -0.15) is 5.26 Å². The van der Waals surface area contributed by atoms with Crippen molar-refractivity contribution in [1.82, 2.24) is 5.32 Å². The predicted octanol–water partition coefficient (Wildman–Crippen LogP) is 8.88. The third-order valence-electron chi connectivity index (χ3n) is 8.50. The first-order chi connectivity index (χ1) is 18.6. The van der Waals surface area contributed by atoms with Gasteiger partial charge in [-0.05, 0) is 77.8 Å². The molecule has 0 aliphatic heterocycles. The summed E-state index contributed by atoms with van der Waals surface area (Å²) in [5, 5.41) is 13.2. The van der Waals surface area contributed by atoms with Gasteiger partial charge in [0.1, 0.15) is 0 Å². The first kappa shape index (κ1) is 24.3. The molecule has 0 aromatic heterocycles. The Kier molecular flexibility index (Phi) is 6.38. The average molecular weight is 495 g/mol. The number of rotatable bonds is 8. The normalized spacial score (nSPS) is 20.2. The third kappa shape index (κ3) is 4.33. The van der Waals surface area contributed by atoms with Crippen LogP contribution >= 0.6 is 0 Å².